The van der Waals surface area contributed by atoms with E-state index in [4.69, 9.17) is 5.73 Å². The molecule has 0 unspecified atom stereocenters. The zero-order valence-electron chi connectivity index (χ0n) is 9.13. The van der Waals surface area contributed by atoms with Crippen LogP contribution < -0.4 is 5.73 Å². The SMILES string of the molecule is Cc1cc(CC(N)=O)c2c(F)ccc(F)c2n1. The molecular weight excluding hydrogens is 226 g/mol. The van der Waals surface area contributed by atoms with Crippen molar-refractivity contribution in [2.75, 3.05) is 0 Å². The van der Waals surface area contributed by atoms with Crippen molar-refractivity contribution >= 4 is 16.8 Å². The number of carbonyl (C=O) groups is 1. The van der Waals surface area contributed by atoms with Crippen molar-refractivity contribution in [1.82, 2.24) is 4.98 Å². The highest BCUT2D eigenvalue weighted by atomic mass is 19.1. The van der Waals surface area contributed by atoms with E-state index < -0.39 is 17.5 Å². The van der Waals surface area contributed by atoms with Crippen molar-refractivity contribution in [3.63, 3.8) is 0 Å². The van der Waals surface area contributed by atoms with Gasteiger partial charge in [-0.25, -0.2) is 13.8 Å². The number of rotatable bonds is 2. The molecule has 0 radical (unpaired) electrons. The van der Waals surface area contributed by atoms with Crippen LogP contribution in [0.3, 0.4) is 0 Å². The lowest BCUT2D eigenvalue weighted by molar-refractivity contribution is -0.117. The summed E-state index contributed by atoms with van der Waals surface area (Å²) in [5.41, 5.74) is 5.88. The molecule has 1 amide bonds. The molecule has 0 spiro atoms. The number of aryl methyl sites for hydroxylation is 1. The van der Waals surface area contributed by atoms with Crippen LogP contribution in [0.4, 0.5) is 8.78 Å². The lowest BCUT2D eigenvalue weighted by Gasteiger charge is -2.07. The first-order valence-corrected chi connectivity index (χ1v) is 5.01. The van der Waals surface area contributed by atoms with E-state index in [1.807, 2.05) is 0 Å². The Bertz CT molecular complexity index is 611. The molecular formula is C12H10F2N2O. The maximum Gasteiger partial charge on any atom is 0.221 e. The van der Waals surface area contributed by atoms with Crippen LogP contribution in [0, 0.1) is 18.6 Å². The molecule has 3 nitrogen and oxygen atoms in total. The Morgan fingerprint density at radius 2 is 2.00 bits per heavy atom. The van der Waals surface area contributed by atoms with Crippen molar-refractivity contribution < 1.29 is 13.6 Å². The first-order chi connectivity index (χ1) is 7.99. The highest BCUT2D eigenvalue weighted by Crippen LogP contribution is 2.24. The number of hydrogen-bond acceptors (Lipinski definition) is 2. The molecule has 1 aromatic carbocycles. The van der Waals surface area contributed by atoms with Crippen LogP contribution >= 0.6 is 0 Å². The molecule has 0 bridgehead atoms. The van der Waals surface area contributed by atoms with Gasteiger partial charge in [0.2, 0.25) is 5.91 Å². The van der Waals surface area contributed by atoms with E-state index in [-0.39, 0.29) is 17.3 Å². The van der Waals surface area contributed by atoms with E-state index in [0.717, 1.165) is 12.1 Å². The van der Waals surface area contributed by atoms with Crippen LogP contribution in [0.1, 0.15) is 11.3 Å². The third kappa shape index (κ3) is 2.08. The van der Waals surface area contributed by atoms with E-state index in [2.05, 4.69) is 4.98 Å². The van der Waals surface area contributed by atoms with Gasteiger partial charge >= 0.3 is 0 Å². The van der Waals surface area contributed by atoms with Gasteiger partial charge in [-0.05, 0) is 30.7 Å². The number of nitrogens with two attached hydrogens (primary N) is 1. The van der Waals surface area contributed by atoms with Crippen molar-refractivity contribution in [3.05, 3.63) is 41.1 Å². The summed E-state index contributed by atoms with van der Waals surface area (Å²) in [5, 5.41) is 0.0226. The molecule has 1 aromatic heterocycles. The smallest absolute Gasteiger partial charge is 0.221 e. The minimum Gasteiger partial charge on any atom is -0.369 e. The molecule has 2 N–H and O–H groups in total. The molecule has 0 aliphatic carbocycles. The Balaban J connectivity index is 2.82. The molecule has 1 heterocycles. The second-order valence-electron chi connectivity index (χ2n) is 3.82. The van der Waals surface area contributed by atoms with Gasteiger partial charge in [0.25, 0.3) is 0 Å². The summed E-state index contributed by atoms with van der Waals surface area (Å²) in [5.74, 6) is -1.82. The number of amides is 1. The number of benzene rings is 1. The van der Waals surface area contributed by atoms with Gasteiger partial charge in [-0.15, -0.1) is 0 Å². The zero-order valence-corrected chi connectivity index (χ0v) is 9.13. The van der Waals surface area contributed by atoms with E-state index in [1.165, 1.54) is 6.07 Å². The molecule has 17 heavy (non-hydrogen) atoms. The van der Waals surface area contributed by atoms with Gasteiger partial charge in [0.15, 0.2) is 0 Å². The number of nitrogens with zero attached hydrogens (tertiary/aromatic N) is 1. The maximum absolute atomic E-state index is 13.7. The second-order valence-corrected chi connectivity index (χ2v) is 3.82. The van der Waals surface area contributed by atoms with Crippen molar-refractivity contribution in [3.8, 4) is 0 Å². The van der Waals surface area contributed by atoms with Crippen LogP contribution in [0.25, 0.3) is 10.9 Å². The summed E-state index contributed by atoms with van der Waals surface area (Å²) >= 11 is 0. The molecule has 0 saturated heterocycles. The second kappa shape index (κ2) is 4.08. The molecule has 0 aliphatic rings. The molecule has 0 saturated carbocycles. The highest BCUT2D eigenvalue weighted by Gasteiger charge is 2.14. The fourth-order valence-corrected chi connectivity index (χ4v) is 1.82. The third-order valence-corrected chi connectivity index (χ3v) is 2.43. The van der Waals surface area contributed by atoms with E-state index in [0.29, 0.717) is 11.3 Å². The zero-order chi connectivity index (χ0) is 12.6. The van der Waals surface area contributed by atoms with Crippen molar-refractivity contribution in [2.45, 2.75) is 13.3 Å². The molecule has 0 fully saturated rings. The predicted octanol–water partition coefficient (Wildman–Crippen LogP) is 1.85. The third-order valence-electron chi connectivity index (χ3n) is 2.43. The van der Waals surface area contributed by atoms with Crippen LogP contribution in [-0.4, -0.2) is 10.9 Å². The number of primary amides is 1. The fraction of sp³-hybridized carbons (Fsp3) is 0.167. The Kier molecular flexibility index (Phi) is 2.75. The Morgan fingerprint density at radius 3 is 2.65 bits per heavy atom. The van der Waals surface area contributed by atoms with Crippen LogP contribution in [0.2, 0.25) is 0 Å². The van der Waals surface area contributed by atoms with Gasteiger partial charge in [0, 0.05) is 11.1 Å². The van der Waals surface area contributed by atoms with Gasteiger partial charge < -0.3 is 5.73 Å². The molecule has 88 valence electrons. The quantitative estimate of drug-likeness (QED) is 0.865. The van der Waals surface area contributed by atoms with Crippen molar-refractivity contribution in [2.24, 2.45) is 5.73 Å². The Hall–Kier alpha value is -2.04. The number of aromatic nitrogens is 1. The first kappa shape index (κ1) is 11.4. The molecule has 0 atom stereocenters. The van der Waals surface area contributed by atoms with Gasteiger partial charge in [-0.3, -0.25) is 4.79 Å². The minimum absolute atomic E-state index is 0.0226. The van der Waals surface area contributed by atoms with Crippen LogP contribution in [0.15, 0.2) is 18.2 Å². The van der Waals surface area contributed by atoms with Gasteiger partial charge in [0.1, 0.15) is 17.2 Å². The summed E-state index contributed by atoms with van der Waals surface area (Å²) in [4.78, 5) is 14.8. The Labute approximate surface area is 96.3 Å². The van der Waals surface area contributed by atoms with Crippen LogP contribution in [0.5, 0.6) is 0 Å². The average Bonchev–Trinajstić information content (AvgIpc) is 2.22. The van der Waals surface area contributed by atoms with Gasteiger partial charge in [-0.1, -0.05) is 0 Å². The highest BCUT2D eigenvalue weighted by molar-refractivity contribution is 5.88. The fourth-order valence-electron chi connectivity index (χ4n) is 1.82. The molecule has 0 aliphatic heterocycles. The van der Waals surface area contributed by atoms with Crippen LogP contribution in [-0.2, 0) is 11.2 Å². The van der Waals surface area contributed by atoms with Gasteiger partial charge in [-0.2, -0.15) is 0 Å². The summed E-state index contributed by atoms with van der Waals surface area (Å²) in [6.07, 6.45) is -0.139. The molecule has 2 aromatic rings. The Morgan fingerprint density at radius 1 is 1.35 bits per heavy atom. The topological polar surface area (TPSA) is 56.0 Å². The van der Waals surface area contributed by atoms with Gasteiger partial charge in [0.05, 0.1) is 6.42 Å². The summed E-state index contributed by atoms with van der Waals surface area (Å²) < 4.78 is 27.2. The number of halogens is 2. The molecule has 2 rings (SSSR count). The largest absolute Gasteiger partial charge is 0.369 e. The number of carbonyl (C=O) groups excluding carboxylic acids is 1. The normalized spacial score (nSPS) is 10.8. The van der Waals surface area contributed by atoms with Crippen molar-refractivity contribution in [1.29, 1.82) is 0 Å². The number of hydrogen-bond donors (Lipinski definition) is 1. The summed E-state index contributed by atoms with van der Waals surface area (Å²) in [6.45, 7) is 1.65. The van der Waals surface area contributed by atoms with E-state index in [9.17, 15) is 13.6 Å². The lowest BCUT2D eigenvalue weighted by Crippen LogP contribution is -2.14. The number of pyridine rings is 1. The number of fused-ring (bicyclic) bond motifs is 1. The first-order valence-electron chi connectivity index (χ1n) is 5.01. The maximum atomic E-state index is 13.7. The van der Waals surface area contributed by atoms with E-state index >= 15 is 0 Å². The average molecular weight is 236 g/mol. The minimum atomic E-state index is -0.615. The van der Waals surface area contributed by atoms with E-state index in [1.54, 1.807) is 6.92 Å². The predicted molar refractivity (Wildman–Crippen MR) is 59.3 cm³/mol. The molecule has 5 heteroatoms. The lowest BCUT2D eigenvalue weighted by atomic mass is 10.0. The monoisotopic (exact) mass is 236 g/mol. The summed E-state index contributed by atoms with van der Waals surface area (Å²) in [6, 6.07) is 3.56. The standard InChI is InChI=1S/C12H10F2N2O/c1-6-4-7(5-10(15)17)11-8(13)2-3-9(14)12(11)16-6/h2-4H,5H2,1H3,(H2,15,17). The summed E-state index contributed by atoms with van der Waals surface area (Å²) in [7, 11) is 0.